The van der Waals surface area contributed by atoms with Gasteiger partial charge in [-0.25, -0.2) is 0 Å². The van der Waals surface area contributed by atoms with E-state index in [1.165, 1.54) is 37.8 Å². The van der Waals surface area contributed by atoms with Gasteiger partial charge < -0.3 is 15.1 Å². The number of carbonyl (C=O) groups is 1. The highest BCUT2D eigenvalue weighted by Gasteiger charge is 2.26. The molecular weight excluding hydrogens is 334 g/mol. The van der Waals surface area contributed by atoms with Crippen molar-refractivity contribution >= 4 is 23.0 Å². The molecule has 1 aliphatic carbocycles. The highest BCUT2D eigenvalue weighted by Crippen LogP contribution is 2.26. The van der Waals surface area contributed by atoms with Crippen LogP contribution in [0.3, 0.4) is 0 Å². The second kappa shape index (κ2) is 8.03. The smallest absolute Gasteiger partial charge is 0.246 e. The van der Waals surface area contributed by atoms with Crippen LogP contribution < -0.4 is 15.1 Å². The molecule has 4 rings (SSSR count). The van der Waals surface area contributed by atoms with E-state index in [1.807, 2.05) is 23.1 Å². The van der Waals surface area contributed by atoms with Crippen molar-refractivity contribution in [3.63, 3.8) is 0 Å². The second-order valence-corrected chi connectivity index (χ2v) is 7.78. The van der Waals surface area contributed by atoms with Crippen LogP contribution in [0.15, 0.2) is 48.5 Å². The number of amides is 1. The zero-order chi connectivity index (χ0) is 18.6. The van der Waals surface area contributed by atoms with Gasteiger partial charge in [0.25, 0.3) is 0 Å². The fourth-order valence-electron chi connectivity index (χ4n) is 4.27. The fraction of sp³-hybridized carbons (Fsp3) is 0.435. The van der Waals surface area contributed by atoms with Gasteiger partial charge in [0.1, 0.15) is 0 Å². The fourth-order valence-corrected chi connectivity index (χ4v) is 4.27. The van der Waals surface area contributed by atoms with Crippen molar-refractivity contribution in [3.8, 4) is 0 Å². The molecular formula is C23H29N3O. The number of hydrogen-bond acceptors (Lipinski definition) is 3. The molecule has 0 unspecified atom stereocenters. The molecule has 2 fully saturated rings. The summed E-state index contributed by atoms with van der Waals surface area (Å²) >= 11 is 0. The minimum atomic E-state index is 0.167. The molecule has 2 aromatic rings. The number of nitrogens with zero attached hydrogens (tertiary/aromatic N) is 2. The van der Waals surface area contributed by atoms with Crippen molar-refractivity contribution < 1.29 is 4.79 Å². The monoisotopic (exact) mass is 363 g/mol. The molecule has 0 radical (unpaired) electrons. The molecule has 0 aromatic heterocycles. The molecule has 0 spiro atoms. The van der Waals surface area contributed by atoms with Gasteiger partial charge in [0, 0.05) is 36.2 Å². The maximum absolute atomic E-state index is 12.7. The summed E-state index contributed by atoms with van der Waals surface area (Å²) < 4.78 is 0. The number of hydrogen-bond donors (Lipinski definition) is 1. The minimum Gasteiger partial charge on any atom is -0.382 e. The Morgan fingerprint density at radius 2 is 1.67 bits per heavy atom. The first-order chi connectivity index (χ1) is 13.2. The van der Waals surface area contributed by atoms with Crippen molar-refractivity contribution in [2.75, 3.05) is 34.8 Å². The standard InChI is InChI=1S/C23H29N3O/c1-18-7-5-6-10-22(18)26-16-15-25(17-23(26)27)21-13-11-20(12-14-21)24-19-8-3-2-4-9-19/h5-7,10-14,19,24H,2-4,8-9,15-17H2,1H3. The van der Waals surface area contributed by atoms with E-state index in [4.69, 9.17) is 0 Å². The van der Waals surface area contributed by atoms with Crippen molar-refractivity contribution in [2.24, 2.45) is 0 Å². The van der Waals surface area contributed by atoms with Crippen LogP contribution in [0.2, 0.25) is 0 Å². The average molecular weight is 364 g/mol. The third-order valence-electron chi connectivity index (χ3n) is 5.84. The van der Waals surface area contributed by atoms with Crippen LogP contribution in [0, 0.1) is 6.92 Å². The van der Waals surface area contributed by atoms with E-state index in [0.29, 0.717) is 12.6 Å². The molecule has 4 heteroatoms. The largest absolute Gasteiger partial charge is 0.382 e. The molecule has 2 aromatic carbocycles. The van der Waals surface area contributed by atoms with Crippen molar-refractivity contribution in [1.82, 2.24) is 0 Å². The van der Waals surface area contributed by atoms with Crippen LogP contribution in [0.4, 0.5) is 17.1 Å². The zero-order valence-corrected chi connectivity index (χ0v) is 16.2. The quantitative estimate of drug-likeness (QED) is 0.863. The molecule has 0 atom stereocenters. The van der Waals surface area contributed by atoms with E-state index >= 15 is 0 Å². The number of carbonyl (C=O) groups excluding carboxylic acids is 1. The van der Waals surface area contributed by atoms with Gasteiger partial charge in [0.05, 0.1) is 6.54 Å². The van der Waals surface area contributed by atoms with Crippen molar-refractivity contribution in [3.05, 3.63) is 54.1 Å². The first-order valence-corrected chi connectivity index (χ1v) is 10.2. The van der Waals surface area contributed by atoms with Crippen molar-refractivity contribution in [1.29, 1.82) is 0 Å². The van der Waals surface area contributed by atoms with Gasteiger partial charge in [0.15, 0.2) is 0 Å². The number of benzene rings is 2. The molecule has 1 heterocycles. The number of nitrogens with one attached hydrogen (secondary N) is 1. The molecule has 1 amide bonds. The molecule has 1 N–H and O–H groups in total. The Kier molecular flexibility index (Phi) is 5.33. The molecule has 4 nitrogen and oxygen atoms in total. The summed E-state index contributed by atoms with van der Waals surface area (Å²) in [5.41, 5.74) is 4.50. The summed E-state index contributed by atoms with van der Waals surface area (Å²) in [6.45, 7) is 4.08. The van der Waals surface area contributed by atoms with E-state index < -0.39 is 0 Å². The van der Waals surface area contributed by atoms with Crippen LogP contribution in [0.5, 0.6) is 0 Å². The van der Waals surface area contributed by atoms with Crippen LogP contribution >= 0.6 is 0 Å². The van der Waals surface area contributed by atoms with Gasteiger partial charge in [-0.05, 0) is 55.7 Å². The summed E-state index contributed by atoms with van der Waals surface area (Å²) in [6.07, 6.45) is 6.60. The first kappa shape index (κ1) is 17.9. The third kappa shape index (κ3) is 4.10. The summed E-state index contributed by atoms with van der Waals surface area (Å²) in [4.78, 5) is 16.8. The molecule has 1 aliphatic heterocycles. The Labute approximate surface area is 162 Å². The van der Waals surface area contributed by atoms with Crippen LogP contribution in [-0.2, 0) is 4.79 Å². The van der Waals surface area contributed by atoms with E-state index in [0.717, 1.165) is 30.0 Å². The summed E-state index contributed by atoms with van der Waals surface area (Å²) in [5.74, 6) is 0.167. The van der Waals surface area contributed by atoms with Gasteiger partial charge in [-0.1, -0.05) is 37.5 Å². The summed E-state index contributed by atoms with van der Waals surface area (Å²) in [6, 6.07) is 17.3. The minimum absolute atomic E-state index is 0.167. The predicted molar refractivity (Wildman–Crippen MR) is 113 cm³/mol. The first-order valence-electron chi connectivity index (χ1n) is 10.2. The lowest BCUT2D eigenvalue weighted by Crippen LogP contribution is -2.50. The van der Waals surface area contributed by atoms with Crippen LogP contribution in [-0.4, -0.2) is 31.6 Å². The Hall–Kier alpha value is -2.49. The lowest BCUT2D eigenvalue weighted by atomic mass is 9.95. The summed E-state index contributed by atoms with van der Waals surface area (Å²) in [5, 5.41) is 3.66. The van der Waals surface area contributed by atoms with E-state index in [9.17, 15) is 4.79 Å². The molecule has 2 aliphatic rings. The lowest BCUT2D eigenvalue weighted by molar-refractivity contribution is -0.117. The van der Waals surface area contributed by atoms with E-state index in [-0.39, 0.29) is 5.91 Å². The molecule has 1 saturated heterocycles. The normalized spacial score (nSPS) is 18.6. The molecule has 0 bridgehead atoms. The zero-order valence-electron chi connectivity index (χ0n) is 16.2. The molecule has 142 valence electrons. The van der Waals surface area contributed by atoms with Gasteiger partial charge in [0.2, 0.25) is 5.91 Å². The molecule has 1 saturated carbocycles. The second-order valence-electron chi connectivity index (χ2n) is 7.78. The Balaban J connectivity index is 1.38. The Morgan fingerprint density at radius 1 is 0.926 bits per heavy atom. The number of rotatable bonds is 4. The highest BCUT2D eigenvalue weighted by molar-refractivity contribution is 5.98. The lowest BCUT2D eigenvalue weighted by Gasteiger charge is -2.36. The van der Waals surface area contributed by atoms with Gasteiger partial charge in [-0.3, -0.25) is 4.79 Å². The number of aryl methyl sites for hydroxylation is 1. The number of piperazine rings is 1. The molecule has 27 heavy (non-hydrogen) atoms. The Bertz CT molecular complexity index is 780. The maximum Gasteiger partial charge on any atom is 0.246 e. The SMILES string of the molecule is Cc1ccccc1N1CCN(c2ccc(NC3CCCCC3)cc2)CC1=O. The van der Waals surface area contributed by atoms with E-state index in [2.05, 4.69) is 47.5 Å². The topological polar surface area (TPSA) is 35.6 Å². The van der Waals surface area contributed by atoms with Crippen LogP contribution in [0.25, 0.3) is 0 Å². The third-order valence-corrected chi connectivity index (χ3v) is 5.84. The summed E-state index contributed by atoms with van der Waals surface area (Å²) in [7, 11) is 0. The van der Waals surface area contributed by atoms with Gasteiger partial charge in [-0.15, -0.1) is 0 Å². The maximum atomic E-state index is 12.7. The van der Waals surface area contributed by atoms with Crippen LogP contribution in [0.1, 0.15) is 37.7 Å². The van der Waals surface area contributed by atoms with E-state index in [1.54, 1.807) is 0 Å². The van der Waals surface area contributed by atoms with Crippen molar-refractivity contribution in [2.45, 2.75) is 45.1 Å². The highest BCUT2D eigenvalue weighted by atomic mass is 16.2. The predicted octanol–water partition coefficient (Wildman–Crippen LogP) is 4.59. The number of anilines is 3. The number of para-hydroxylation sites is 1. The Morgan fingerprint density at radius 3 is 2.37 bits per heavy atom. The average Bonchev–Trinajstić information content (AvgIpc) is 2.70. The van der Waals surface area contributed by atoms with Gasteiger partial charge >= 0.3 is 0 Å². The van der Waals surface area contributed by atoms with Gasteiger partial charge in [-0.2, -0.15) is 0 Å².